The first-order chi connectivity index (χ1) is 10.1. The summed E-state index contributed by atoms with van der Waals surface area (Å²) in [5.41, 5.74) is 5.02. The van der Waals surface area contributed by atoms with Crippen LogP contribution in [0.25, 0.3) is 0 Å². The molecule has 0 unspecified atom stereocenters. The van der Waals surface area contributed by atoms with E-state index in [1.807, 2.05) is 43.3 Å². The Kier molecular flexibility index (Phi) is 4.95. The quantitative estimate of drug-likeness (QED) is 0.696. The summed E-state index contributed by atoms with van der Waals surface area (Å²) in [6.45, 7) is 0. The van der Waals surface area contributed by atoms with Crippen LogP contribution in [0, 0.1) is 0 Å². The second-order valence-electron chi connectivity index (χ2n) is 4.69. The highest BCUT2D eigenvalue weighted by Crippen LogP contribution is 2.11. The predicted molar refractivity (Wildman–Crippen MR) is 87.3 cm³/mol. The van der Waals surface area contributed by atoms with Crippen LogP contribution < -0.4 is 10.3 Å². The third kappa shape index (κ3) is 4.33. The van der Waals surface area contributed by atoms with Crippen molar-refractivity contribution in [2.45, 2.75) is 0 Å². The zero-order chi connectivity index (χ0) is 15.2. The number of anilines is 1. The lowest BCUT2D eigenvalue weighted by molar-refractivity contribution is 0.0955. The van der Waals surface area contributed by atoms with Crippen LogP contribution in [0.4, 0.5) is 5.69 Å². The zero-order valence-electron chi connectivity index (χ0n) is 11.9. The maximum absolute atomic E-state index is 11.8. The van der Waals surface area contributed by atoms with E-state index in [1.165, 1.54) is 0 Å². The molecule has 4 nitrogen and oxygen atoms in total. The fourth-order valence-electron chi connectivity index (χ4n) is 1.69. The molecule has 0 aliphatic carbocycles. The Morgan fingerprint density at radius 3 is 2.29 bits per heavy atom. The van der Waals surface area contributed by atoms with Gasteiger partial charge in [-0.15, -0.1) is 0 Å². The summed E-state index contributed by atoms with van der Waals surface area (Å²) in [5.74, 6) is -0.271. The van der Waals surface area contributed by atoms with Crippen LogP contribution in [0.1, 0.15) is 15.9 Å². The molecule has 0 saturated carbocycles. The maximum Gasteiger partial charge on any atom is 0.271 e. The molecule has 108 valence electrons. The van der Waals surface area contributed by atoms with Gasteiger partial charge in [0.1, 0.15) is 0 Å². The molecule has 1 N–H and O–H groups in total. The van der Waals surface area contributed by atoms with E-state index in [4.69, 9.17) is 11.6 Å². The topological polar surface area (TPSA) is 44.7 Å². The van der Waals surface area contributed by atoms with Crippen molar-refractivity contribution in [2.24, 2.45) is 5.10 Å². The molecule has 2 aromatic rings. The number of halogens is 1. The van der Waals surface area contributed by atoms with Crippen LogP contribution >= 0.6 is 11.6 Å². The molecule has 0 fully saturated rings. The average Bonchev–Trinajstić information content (AvgIpc) is 2.48. The molecule has 0 saturated heterocycles. The smallest absolute Gasteiger partial charge is 0.271 e. The van der Waals surface area contributed by atoms with Crippen LogP contribution in [0.2, 0.25) is 5.02 Å². The first-order valence-corrected chi connectivity index (χ1v) is 6.80. The van der Waals surface area contributed by atoms with E-state index >= 15 is 0 Å². The SMILES string of the molecule is CN(C)c1ccc(/C=N\NC(=O)c2ccc(Cl)cc2)cc1. The van der Waals surface area contributed by atoms with Gasteiger partial charge < -0.3 is 4.90 Å². The molecule has 0 heterocycles. The number of hydrogen-bond donors (Lipinski definition) is 1. The van der Waals surface area contributed by atoms with Crippen molar-refractivity contribution in [3.05, 3.63) is 64.7 Å². The van der Waals surface area contributed by atoms with Crippen molar-refractivity contribution in [1.29, 1.82) is 0 Å². The molecule has 0 atom stereocenters. The van der Waals surface area contributed by atoms with Crippen molar-refractivity contribution in [1.82, 2.24) is 5.43 Å². The number of benzene rings is 2. The van der Waals surface area contributed by atoms with Crippen molar-refractivity contribution in [3.8, 4) is 0 Å². The Morgan fingerprint density at radius 1 is 1.10 bits per heavy atom. The minimum absolute atomic E-state index is 0.271. The highest BCUT2D eigenvalue weighted by molar-refractivity contribution is 6.30. The van der Waals surface area contributed by atoms with E-state index in [1.54, 1.807) is 30.5 Å². The highest BCUT2D eigenvalue weighted by Gasteiger charge is 2.02. The van der Waals surface area contributed by atoms with Gasteiger partial charge in [-0.1, -0.05) is 23.7 Å². The summed E-state index contributed by atoms with van der Waals surface area (Å²) >= 11 is 5.77. The van der Waals surface area contributed by atoms with Crippen LogP contribution in [0.15, 0.2) is 53.6 Å². The summed E-state index contributed by atoms with van der Waals surface area (Å²) in [6.07, 6.45) is 1.60. The molecule has 0 aromatic heterocycles. The van der Waals surface area contributed by atoms with E-state index in [9.17, 15) is 4.79 Å². The lowest BCUT2D eigenvalue weighted by atomic mass is 10.2. The number of hydrogen-bond acceptors (Lipinski definition) is 3. The highest BCUT2D eigenvalue weighted by atomic mass is 35.5. The molecule has 0 bridgehead atoms. The van der Waals surface area contributed by atoms with Crippen LogP contribution in [-0.2, 0) is 0 Å². The number of amides is 1. The van der Waals surface area contributed by atoms with Gasteiger partial charge in [-0.25, -0.2) is 5.43 Å². The predicted octanol–water partition coefficient (Wildman–Crippen LogP) is 3.17. The fraction of sp³-hybridized carbons (Fsp3) is 0.125. The van der Waals surface area contributed by atoms with Gasteiger partial charge in [0.05, 0.1) is 6.21 Å². The molecular weight excluding hydrogens is 286 g/mol. The van der Waals surface area contributed by atoms with Gasteiger partial charge in [0.25, 0.3) is 5.91 Å². The average molecular weight is 302 g/mol. The normalized spacial score (nSPS) is 10.6. The van der Waals surface area contributed by atoms with Crippen LogP contribution in [-0.4, -0.2) is 26.2 Å². The Balaban J connectivity index is 1.95. The van der Waals surface area contributed by atoms with Crippen molar-refractivity contribution < 1.29 is 4.79 Å². The molecule has 1 amide bonds. The van der Waals surface area contributed by atoms with Crippen LogP contribution in [0.5, 0.6) is 0 Å². The summed E-state index contributed by atoms with van der Waals surface area (Å²) in [6, 6.07) is 14.5. The minimum Gasteiger partial charge on any atom is -0.378 e. The molecule has 5 heteroatoms. The summed E-state index contributed by atoms with van der Waals surface area (Å²) in [7, 11) is 3.96. The van der Waals surface area contributed by atoms with Crippen LogP contribution in [0.3, 0.4) is 0 Å². The minimum atomic E-state index is -0.271. The monoisotopic (exact) mass is 301 g/mol. The molecule has 0 radical (unpaired) electrons. The van der Waals surface area contributed by atoms with Crippen molar-refractivity contribution >= 4 is 29.4 Å². The molecule has 21 heavy (non-hydrogen) atoms. The molecule has 0 aliphatic heterocycles. The standard InChI is InChI=1S/C16H16ClN3O/c1-20(2)15-9-3-12(4-10-15)11-18-19-16(21)13-5-7-14(17)8-6-13/h3-11H,1-2H3,(H,19,21)/b18-11-. The number of carbonyl (C=O) groups excluding carboxylic acids is 1. The van der Waals surface area contributed by atoms with Crippen molar-refractivity contribution in [3.63, 3.8) is 0 Å². The van der Waals surface area contributed by atoms with Crippen molar-refractivity contribution in [2.75, 3.05) is 19.0 Å². The summed E-state index contributed by atoms with van der Waals surface area (Å²) in [4.78, 5) is 13.8. The molecule has 0 aliphatic rings. The van der Waals surface area contributed by atoms with E-state index in [-0.39, 0.29) is 5.91 Å². The lowest BCUT2D eigenvalue weighted by Gasteiger charge is -2.11. The van der Waals surface area contributed by atoms with E-state index in [0.29, 0.717) is 10.6 Å². The molecule has 2 rings (SSSR count). The maximum atomic E-state index is 11.8. The largest absolute Gasteiger partial charge is 0.378 e. The molecule has 2 aromatic carbocycles. The number of carbonyl (C=O) groups is 1. The fourth-order valence-corrected chi connectivity index (χ4v) is 1.82. The van der Waals surface area contributed by atoms with Gasteiger partial charge in [-0.05, 0) is 42.0 Å². The number of hydrazone groups is 1. The third-order valence-electron chi connectivity index (χ3n) is 2.90. The number of nitrogens with zero attached hydrogens (tertiary/aromatic N) is 2. The first-order valence-electron chi connectivity index (χ1n) is 6.42. The van der Waals surface area contributed by atoms with E-state index in [0.717, 1.165) is 11.3 Å². The zero-order valence-corrected chi connectivity index (χ0v) is 12.6. The van der Waals surface area contributed by atoms with E-state index in [2.05, 4.69) is 10.5 Å². The Hall–Kier alpha value is -2.33. The lowest BCUT2D eigenvalue weighted by Crippen LogP contribution is -2.17. The second-order valence-corrected chi connectivity index (χ2v) is 5.13. The third-order valence-corrected chi connectivity index (χ3v) is 3.15. The number of nitrogens with one attached hydrogen (secondary N) is 1. The van der Waals surface area contributed by atoms with Gasteiger partial charge in [0.15, 0.2) is 0 Å². The van der Waals surface area contributed by atoms with Gasteiger partial charge in [-0.2, -0.15) is 5.10 Å². The van der Waals surface area contributed by atoms with Gasteiger partial charge in [0.2, 0.25) is 0 Å². The van der Waals surface area contributed by atoms with Gasteiger partial charge in [-0.3, -0.25) is 4.79 Å². The molecular formula is C16H16ClN3O. The Bertz CT molecular complexity index is 634. The Morgan fingerprint density at radius 2 is 1.71 bits per heavy atom. The van der Waals surface area contributed by atoms with E-state index < -0.39 is 0 Å². The van der Waals surface area contributed by atoms with Gasteiger partial charge >= 0.3 is 0 Å². The second kappa shape index (κ2) is 6.90. The Labute approximate surface area is 129 Å². The van der Waals surface area contributed by atoms with Gasteiger partial charge in [0, 0.05) is 30.4 Å². The number of rotatable bonds is 4. The summed E-state index contributed by atoms with van der Waals surface area (Å²) in [5, 5.41) is 4.54. The first kappa shape index (κ1) is 15.1. The molecule has 0 spiro atoms. The summed E-state index contributed by atoms with van der Waals surface area (Å²) < 4.78 is 0.